The minimum absolute atomic E-state index is 0.0134. The maximum atomic E-state index is 12.5. The fourth-order valence-corrected chi connectivity index (χ4v) is 3.94. The third-order valence-corrected chi connectivity index (χ3v) is 5.51. The fourth-order valence-electron chi connectivity index (χ4n) is 3.12. The first kappa shape index (κ1) is 17.4. The minimum atomic E-state index is -0.0469. The van der Waals surface area contributed by atoms with E-state index in [1.165, 1.54) is 10.8 Å². The highest BCUT2D eigenvalue weighted by Crippen LogP contribution is 2.24. The number of fused-ring (bicyclic) bond motifs is 1. The van der Waals surface area contributed by atoms with Crippen molar-refractivity contribution in [2.45, 2.75) is 19.4 Å². The molecule has 4 rings (SSSR count). The van der Waals surface area contributed by atoms with Crippen molar-refractivity contribution in [3.05, 3.63) is 89.4 Å². The van der Waals surface area contributed by atoms with Crippen LogP contribution in [0.25, 0.3) is 21.3 Å². The summed E-state index contributed by atoms with van der Waals surface area (Å²) in [6, 6.07) is 24.5. The third kappa shape index (κ3) is 4.07. The van der Waals surface area contributed by atoms with Gasteiger partial charge in [0.15, 0.2) is 0 Å². The Morgan fingerprint density at radius 3 is 2.56 bits per heavy atom. The van der Waals surface area contributed by atoms with E-state index in [4.69, 9.17) is 0 Å². The summed E-state index contributed by atoms with van der Waals surface area (Å²) in [7, 11) is 0. The van der Waals surface area contributed by atoms with Gasteiger partial charge in [-0.1, -0.05) is 66.7 Å². The standard InChI is InChI=1S/C23H20N2OS/c1-16(19-12-11-17-7-5-6-10-20(17)13-19)24-22(26)14-21-15-27-23(25-21)18-8-3-2-4-9-18/h2-13,15-16H,14H2,1H3,(H,24,26). The van der Waals surface area contributed by atoms with Crippen LogP contribution in [0.2, 0.25) is 0 Å². The van der Waals surface area contributed by atoms with Crippen molar-refractivity contribution in [1.82, 2.24) is 10.3 Å². The molecule has 0 aliphatic carbocycles. The molecule has 1 atom stereocenters. The van der Waals surface area contributed by atoms with Crippen molar-refractivity contribution in [3.63, 3.8) is 0 Å². The molecule has 1 aromatic heterocycles. The lowest BCUT2D eigenvalue weighted by molar-refractivity contribution is -0.121. The number of amides is 1. The van der Waals surface area contributed by atoms with Gasteiger partial charge in [0.2, 0.25) is 5.91 Å². The molecule has 134 valence electrons. The highest BCUT2D eigenvalue weighted by Gasteiger charge is 2.13. The summed E-state index contributed by atoms with van der Waals surface area (Å²) in [5, 5.41) is 8.38. The van der Waals surface area contributed by atoms with Crippen LogP contribution in [0.4, 0.5) is 0 Å². The second-order valence-corrected chi connectivity index (χ2v) is 7.44. The van der Waals surface area contributed by atoms with Gasteiger partial charge < -0.3 is 5.32 Å². The lowest BCUT2D eigenvalue weighted by atomic mass is 10.0. The Balaban J connectivity index is 1.42. The Morgan fingerprint density at radius 2 is 1.74 bits per heavy atom. The summed E-state index contributed by atoms with van der Waals surface area (Å²) in [6.07, 6.45) is 0.293. The van der Waals surface area contributed by atoms with Crippen molar-refractivity contribution in [2.75, 3.05) is 0 Å². The lowest BCUT2D eigenvalue weighted by Crippen LogP contribution is -2.28. The number of carbonyl (C=O) groups is 1. The zero-order valence-electron chi connectivity index (χ0n) is 15.1. The predicted molar refractivity (Wildman–Crippen MR) is 112 cm³/mol. The van der Waals surface area contributed by atoms with Gasteiger partial charge in [0.05, 0.1) is 18.2 Å². The van der Waals surface area contributed by atoms with Gasteiger partial charge in [0, 0.05) is 10.9 Å². The minimum Gasteiger partial charge on any atom is -0.349 e. The van der Waals surface area contributed by atoms with Gasteiger partial charge in [-0.25, -0.2) is 4.98 Å². The molecule has 0 saturated heterocycles. The van der Waals surface area contributed by atoms with Crippen LogP contribution < -0.4 is 5.32 Å². The number of benzene rings is 3. The van der Waals surface area contributed by atoms with Crippen LogP contribution in [0.1, 0.15) is 24.2 Å². The monoisotopic (exact) mass is 372 g/mol. The Bertz CT molecular complexity index is 1070. The summed E-state index contributed by atoms with van der Waals surface area (Å²) in [6.45, 7) is 2.01. The van der Waals surface area contributed by atoms with E-state index < -0.39 is 0 Å². The molecule has 1 amide bonds. The molecule has 0 aliphatic heterocycles. The molecule has 3 nitrogen and oxygen atoms in total. The molecule has 3 aromatic carbocycles. The quantitative estimate of drug-likeness (QED) is 0.511. The van der Waals surface area contributed by atoms with Crippen LogP contribution >= 0.6 is 11.3 Å². The Kier molecular flexibility index (Phi) is 4.99. The number of aromatic nitrogens is 1. The van der Waals surface area contributed by atoms with Crippen molar-refractivity contribution in [3.8, 4) is 10.6 Å². The molecule has 1 unspecified atom stereocenters. The smallest absolute Gasteiger partial charge is 0.226 e. The molecule has 4 aromatic rings. The van der Waals surface area contributed by atoms with E-state index in [1.807, 2.05) is 54.8 Å². The molecule has 27 heavy (non-hydrogen) atoms. The van der Waals surface area contributed by atoms with Crippen molar-refractivity contribution in [1.29, 1.82) is 0 Å². The number of hydrogen-bond donors (Lipinski definition) is 1. The third-order valence-electron chi connectivity index (χ3n) is 4.57. The lowest BCUT2D eigenvalue weighted by Gasteiger charge is -2.14. The molecule has 0 bridgehead atoms. The number of nitrogens with zero attached hydrogens (tertiary/aromatic N) is 1. The molecular weight excluding hydrogens is 352 g/mol. The van der Waals surface area contributed by atoms with E-state index in [-0.39, 0.29) is 11.9 Å². The summed E-state index contributed by atoms with van der Waals surface area (Å²) >= 11 is 1.57. The molecule has 0 aliphatic rings. The van der Waals surface area contributed by atoms with Gasteiger partial charge in [-0.2, -0.15) is 0 Å². The van der Waals surface area contributed by atoms with E-state index >= 15 is 0 Å². The van der Waals surface area contributed by atoms with Crippen LogP contribution in [0.3, 0.4) is 0 Å². The molecule has 0 saturated carbocycles. The van der Waals surface area contributed by atoms with Gasteiger partial charge >= 0.3 is 0 Å². The average Bonchev–Trinajstić information content (AvgIpc) is 3.16. The van der Waals surface area contributed by atoms with Crippen LogP contribution in [0.5, 0.6) is 0 Å². The Hall–Kier alpha value is -2.98. The number of carbonyl (C=O) groups excluding carboxylic acids is 1. The van der Waals surface area contributed by atoms with Gasteiger partial charge in [-0.05, 0) is 29.3 Å². The van der Waals surface area contributed by atoms with Gasteiger partial charge in [0.25, 0.3) is 0 Å². The first-order chi connectivity index (χ1) is 13.2. The van der Waals surface area contributed by atoms with Gasteiger partial charge in [0.1, 0.15) is 5.01 Å². The Labute approximate surface area is 162 Å². The SMILES string of the molecule is CC(NC(=O)Cc1csc(-c2ccccc2)n1)c1ccc2ccccc2c1. The van der Waals surface area contributed by atoms with E-state index in [0.717, 1.165) is 21.8 Å². The van der Waals surface area contributed by atoms with Crippen LogP contribution in [-0.4, -0.2) is 10.9 Å². The molecule has 4 heteroatoms. The first-order valence-corrected chi connectivity index (χ1v) is 9.85. The zero-order chi connectivity index (χ0) is 18.6. The topological polar surface area (TPSA) is 42.0 Å². The molecule has 0 radical (unpaired) electrons. The highest BCUT2D eigenvalue weighted by molar-refractivity contribution is 7.13. The number of hydrogen-bond acceptors (Lipinski definition) is 3. The summed E-state index contributed by atoms with van der Waals surface area (Å²) in [5.41, 5.74) is 2.99. The van der Waals surface area contributed by atoms with Crippen LogP contribution in [0.15, 0.2) is 78.2 Å². The highest BCUT2D eigenvalue weighted by atomic mass is 32.1. The zero-order valence-corrected chi connectivity index (χ0v) is 15.9. The number of thiazole rings is 1. The fraction of sp³-hybridized carbons (Fsp3) is 0.130. The number of nitrogens with one attached hydrogen (secondary N) is 1. The Morgan fingerprint density at radius 1 is 1.00 bits per heavy atom. The normalized spacial score (nSPS) is 12.0. The summed E-state index contributed by atoms with van der Waals surface area (Å²) in [4.78, 5) is 17.1. The first-order valence-electron chi connectivity index (χ1n) is 8.97. The van der Waals surface area contributed by atoms with Crippen LogP contribution in [-0.2, 0) is 11.2 Å². The number of rotatable bonds is 5. The van der Waals surface area contributed by atoms with E-state index in [2.05, 4.69) is 40.6 Å². The van der Waals surface area contributed by atoms with E-state index in [0.29, 0.717) is 6.42 Å². The molecule has 1 N–H and O–H groups in total. The molecular formula is C23H20N2OS. The maximum Gasteiger partial charge on any atom is 0.226 e. The molecule has 0 spiro atoms. The average molecular weight is 372 g/mol. The largest absolute Gasteiger partial charge is 0.349 e. The maximum absolute atomic E-state index is 12.5. The summed E-state index contributed by atoms with van der Waals surface area (Å²) in [5.74, 6) is -0.0134. The molecule has 0 fully saturated rings. The van der Waals surface area contributed by atoms with Crippen molar-refractivity contribution >= 4 is 28.0 Å². The summed E-state index contributed by atoms with van der Waals surface area (Å²) < 4.78 is 0. The van der Waals surface area contributed by atoms with Crippen molar-refractivity contribution in [2.24, 2.45) is 0 Å². The van der Waals surface area contributed by atoms with Gasteiger partial charge in [-0.3, -0.25) is 4.79 Å². The van der Waals surface area contributed by atoms with E-state index in [9.17, 15) is 4.79 Å². The van der Waals surface area contributed by atoms with E-state index in [1.54, 1.807) is 11.3 Å². The van der Waals surface area contributed by atoms with Crippen molar-refractivity contribution < 1.29 is 4.79 Å². The second kappa shape index (κ2) is 7.72. The second-order valence-electron chi connectivity index (χ2n) is 6.58. The predicted octanol–water partition coefficient (Wildman–Crippen LogP) is 5.38. The van der Waals surface area contributed by atoms with Crippen LogP contribution in [0, 0.1) is 0 Å². The van der Waals surface area contributed by atoms with Gasteiger partial charge in [-0.15, -0.1) is 11.3 Å². The molecule has 1 heterocycles.